The molecule has 1 aliphatic rings. The largest absolute Gasteiger partial charge is 0.463 e. The van der Waals surface area contributed by atoms with Gasteiger partial charge in [-0.15, -0.1) is 11.3 Å². The van der Waals surface area contributed by atoms with Crippen LogP contribution >= 0.6 is 11.3 Å². The third-order valence-corrected chi connectivity index (χ3v) is 6.67. The van der Waals surface area contributed by atoms with Crippen molar-refractivity contribution in [3.8, 4) is 6.07 Å². The number of rotatable bonds is 6. The summed E-state index contributed by atoms with van der Waals surface area (Å²) in [6.45, 7) is 1.58. The number of aromatic nitrogens is 1. The highest BCUT2D eigenvalue weighted by molar-refractivity contribution is 7.07. The van der Waals surface area contributed by atoms with Gasteiger partial charge in [-0.3, -0.25) is 29.6 Å². The molecule has 0 radical (unpaired) electrons. The fourth-order valence-corrected chi connectivity index (χ4v) is 5.15. The van der Waals surface area contributed by atoms with E-state index in [1.807, 2.05) is 6.07 Å². The SMILES string of the molecule is CCOC(=O)C1=c2s/c(=C\c3cccc([N+](=O)[O-])c3)c(=O)n2C(N)=C(C#N)C1c1cccc([N+](=O)[O-])c1. The van der Waals surface area contributed by atoms with E-state index in [9.17, 15) is 35.1 Å². The number of carbonyl (C=O) groups excluding carboxylic acids is 1. The van der Waals surface area contributed by atoms with Crippen LogP contribution in [0.5, 0.6) is 0 Å². The maximum absolute atomic E-state index is 13.4. The number of hydrogen-bond acceptors (Lipinski definition) is 10. The zero-order valence-corrected chi connectivity index (χ0v) is 19.9. The zero-order valence-electron chi connectivity index (χ0n) is 19.1. The van der Waals surface area contributed by atoms with Gasteiger partial charge in [-0.25, -0.2) is 4.79 Å². The monoisotopic (exact) mass is 519 g/mol. The van der Waals surface area contributed by atoms with Gasteiger partial charge in [-0.05, 0) is 24.1 Å². The number of fused-ring (bicyclic) bond motifs is 1. The lowest BCUT2D eigenvalue weighted by Gasteiger charge is -2.24. The van der Waals surface area contributed by atoms with E-state index in [1.165, 1.54) is 48.5 Å². The van der Waals surface area contributed by atoms with Crippen molar-refractivity contribution >= 4 is 46.2 Å². The molecule has 0 fully saturated rings. The van der Waals surface area contributed by atoms with Gasteiger partial charge in [0.05, 0.1) is 44.1 Å². The summed E-state index contributed by atoms with van der Waals surface area (Å²) in [4.78, 5) is 47.9. The number of hydrogen-bond donors (Lipinski definition) is 1. The van der Waals surface area contributed by atoms with E-state index < -0.39 is 27.3 Å². The Morgan fingerprint density at radius 2 is 1.84 bits per heavy atom. The van der Waals surface area contributed by atoms with Crippen molar-refractivity contribution in [2.24, 2.45) is 5.73 Å². The summed E-state index contributed by atoms with van der Waals surface area (Å²) in [7, 11) is 0. The van der Waals surface area contributed by atoms with Crippen LogP contribution in [0.25, 0.3) is 17.5 Å². The second-order valence-corrected chi connectivity index (χ2v) is 8.77. The summed E-state index contributed by atoms with van der Waals surface area (Å²) in [5.41, 5.74) is 5.56. The molecule has 2 N–H and O–H groups in total. The topological polar surface area (TPSA) is 184 Å². The maximum Gasteiger partial charge on any atom is 0.338 e. The molecule has 4 rings (SSSR count). The normalized spacial score (nSPS) is 15.2. The molecule has 1 atom stereocenters. The Morgan fingerprint density at radius 3 is 2.46 bits per heavy atom. The van der Waals surface area contributed by atoms with E-state index in [4.69, 9.17) is 10.5 Å². The summed E-state index contributed by atoms with van der Waals surface area (Å²) < 4.78 is 6.43. The summed E-state index contributed by atoms with van der Waals surface area (Å²) in [5.74, 6) is -2.19. The molecule has 13 heteroatoms. The van der Waals surface area contributed by atoms with Crippen molar-refractivity contribution in [3.63, 3.8) is 0 Å². The highest BCUT2D eigenvalue weighted by Gasteiger charge is 2.37. The number of esters is 1. The maximum atomic E-state index is 13.4. The van der Waals surface area contributed by atoms with Crippen LogP contribution in [-0.4, -0.2) is 27.0 Å². The third kappa shape index (κ3) is 4.48. The summed E-state index contributed by atoms with van der Waals surface area (Å²) in [6.07, 6.45) is 1.41. The average Bonchev–Trinajstić information content (AvgIpc) is 3.19. The molecule has 1 aromatic heterocycles. The van der Waals surface area contributed by atoms with Crippen LogP contribution in [0.2, 0.25) is 0 Å². The van der Waals surface area contributed by atoms with Gasteiger partial charge in [0.2, 0.25) is 0 Å². The molecule has 0 amide bonds. The second-order valence-electron chi connectivity index (χ2n) is 7.74. The van der Waals surface area contributed by atoms with E-state index >= 15 is 0 Å². The van der Waals surface area contributed by atoms with Crippen LogP contribution in [-0.2, 0) is 9.53 Å². The molecule has 1 unspecified atom stereocenters. The van der Waals surface area contributed by atoms with E-state index in [0.29, 0.717) is 5.56 Å². The molecular weight excluding hydrogens is 502 g/mol. The van der Waals surface area contributed by atoms with Crippen molar-refractivity contribution in [2.75, 3.05) is 6.61 Å². The number of carbonyl (C=O) groups is 1. The highest BCUT2D eigenvalue weighted by Crippen LogP contribution is 2.37. The Labute approximate surface area is 211 Å². The smallest absolute Gasteiger partial charge is 0.338 e. The van der Waals surface area contributed by atoms with Gasteiger partial charge in [-0.1, -0.05) is 24.3 Å². The number of nitro groups is 2. The summed E-state index contributed by atoms with van der Waals surface area (Å²) >= 11 is 0.888. The minimum Gasteiger partial charge on any atom is -0.463 e. The summed E-state index contributed by atoms with van der Waals surface area (Å²) in [5, 5.41) is 32.5. The van der Waals surface area contributed by atoms with Gasteiger partial charge in [-0.2, -0.15) is 5.26 Å². The first-order valence-electron chi connectivity index (χ1n) is 10.7. The fourth-order valence-electron chi connectivity index (χ4n) is 3.98. The van der Waals surface area contributed by atoms with Crippen molar-refractivity contribution in [3.05, 3.63) is 105 Å². The van der Waals surface area contributed by atoms with Gasteiger partial charge < -0.3 is 10.5 Å². The first-order chi connectivity index (χ1) is 17.7. The Bertz CT molecular complexity index is 1730. The van der Waals surface area contributed by atoms with E-state index in [-0.39, 0.29) is 49.7 Å². The van der Waals surface area contributed by atoms with Gasteiger partial charge in [0.15, 0.2) is 0 Å². The zero-order chi connectivity index (χ0) is 26.9. The molecule has 37 heavy (non-hydrogen) atoms. The third-order valence-electron chi connectivity index (χ3n) is 5.56. The number of non-ortho nitro benzene ring substituents is 2. The highest BCUT2D eigenvalue weighted by atomic mass is 32.1. The molecule has 0 saturated carbocycles. The first-order valence-corrected chi connectivity index (χ1v) is 11.5. The van der Waals surface area contributed by atoms with Gasteiger partial charge in [0, 0.05) is 24.3 Å². The van der Waals surface area contributed by atoms with Crippen molar-refractivity contribution in [2.45, 2.75) is 12.8 Å². The minimum atomic E-state index is -1.13. The van der Waals surface area contributed by atoms with Gasteiger partial charge >= 0.3 is 5.97 Å². The molecule has 2 heterocycles. The number of ether oxygens (including phenoxy) is 1. The second kappa shape index (κ2) is 9.88. The quantitative estimate of drug-likeness (QED) is 0.288. The van der Waals surface area contributed by atoms with Crippen LogP contribution < -0.4 is 20.5 Å². The lowest BCUT2D eigenvalue weighted by atomic mass is 9.83. The van der Waals surface area contributed by atoms with Gasteiger partial charge in [0.25, 0.3) is 16.9 Å². The Balaban J connectivity index is 2.08. The molecule has 3 aromatic rings. The summed E-state index contributed by atoms with van der Waals surface area (Å²) in [6, 6.07) is 13.0. The number of nitrogens with two attached hydrogens (primary N) is 1. The number of nitriles is 1. The minimum absolute atomic E-state index is 0.00660. The average molecular weight is 519 g/mol. The predicted molar refractivity (Wildman–Crippen MR) is 133 cm³/mol. The molecule has 0 aliphatic carbocycles. The Hall–Kier alpha value is -5.09. The van der Waals surface area contributed by atoms with Crippen LogP contribution in [0.4, 0.5) is 11.4 Å². The van der Waals surface area contributed by atoms with Crippen molar-refractivity contribution in [1.82, 2.24) is 4.57 Å². The van der Waals surface area contributed by atoms with Gasteiger partial charge in [0.1, 0.15) is 10.5 Å². The van der Waals surface area contributed by atoms with E-state index in [2.05, 4.69) is 0 Å². The lowest BCUT2D eigenvalue weighted by molar-refractivity contribution is -0.385. The predicted octanol–water partition coefficient (Wildman–Crippen LogP) is 1.72. The molecule has 0 spiro atoms. The lowest BCUT2D eigenvalue weighted by Crippen LogP contribution is -2.40. The number of thiazole rings is 1. The van der Waals surface area contributed by atoms with E-state index in [1.54, 1.807) is 13.0 Å². The van der Waals surface area contributed by atoms with Crippen LogP contribution in [0.3, 0.4) is 0 Å². The standard InChI is InChI=1S/C24H17N5O7S/c1-2-36-24(31)20-19(14-6-4-8-16(11-14)29(34)35)17(12-25)21(26)27-22(30)18(37-23(20)27)10-13-5-3-7-15(9-13)28(32)33/h3-11,19H,2,26H2,1H3/b18-10-. The Morgan fingerprint density at radius 1 is 1.19 bits per heavy atom. The molecular formula is C24H17N5O7S. The molecule has 0 bridgehead atoms. The van der Waals surface area contributed by atoms with Crippen molar-refractivity contribution in [1.29, 1.82) is 5.26 Å². The van der Waals surface area contributed by atoms with Crippen LogP contribution in [0.1, 0.15) is 24.0 Å². The molecule has 12 nitrogen and oxygen atoms in total. The molecule has 0 saturated heterocycles. The number of benzene rings is 2. The molecule has 1 aliphatic heterocycles. The Kier molecular flexibility index (Phi) is 6.68. The van der Waals surface area contributed by atoms with Crippen molar-refractivity contribution < 1.29 is 19.4 Å². The number of allylic oxidation sites excluding steroid dienone is 1. The van der Waals surface area contributed by atoms with E-state index in [0.717, 1.165) is 15.9 Å². The first kappa shape index (κ1) is 25.0. The molecule has 2 aromatic carbocycles. The molecule has 186 valence electrons. The van der Waals surface area contributed by atoms with Crippen LogP contribution in [0.15, 0.2) is 58.9 Å². The van der Waals surface area contributed by atoms with Crippen LogP contribution in [0, 0.1) is 31.6 Å². The fraction of sp³-hybridized carbons (Fsp3) is 0.125. The number of nitrogens with zero attached hydrogens (tertiary/aromatic N) is 4. The number of nitro benzene ring substituents is 2.